The minimum atomic E-state index is -3.85. The number of hydrogen-bond acceptors (Lipinski definition) is 7. The Kier molecular flexibility index (Phi) is 5.08. The monoisotopic (exact) mass is 384 g/mol. The van der Waals surface area contributed by atoms with Crippen molar-refractivity contribution in [2.45, 2.75) is 18.7 Å². The fraction of sp³-hybridized carbons (Fsp3) is 0.118. The Labute approximate surface area is 156 Å². The third kappa shape index (κ3) is 4.61. The van der Waals surface area contributed by atoms with Crippen LogP contribution in [0.3, 0.4) is 0 Å². The molecule has 2 heterocycles. The van der Waals surface area contributed by atoms with Crippen LogP contribution in [0.25, 0.3) is 0 Å². The highest BCUT2D eigenvalue weighted by Crippen LogP contribution is 2.17. The molecule has 1 aromatic carbocycles. The lowest BCUT2D eigenvalue weighted by Gasteiger charge is -2.09. The van der Waals surface area contributed by atoms with Crippen molar-refractivity contribution in [2.75, 3.05) is 10.0 Å². The van der Waals surface area contributed by atoms with Crippen LogP contribution >= 0.6 is 0 Å². The van der Waals surface area contributed by atoms with Gasteiger partial charge in [0.05, 0.1) is 11.1 Å². The van der Waals surface area contributed by atoms with Gasteiger partial charge in [0.1, 0.15) is 5.69 Å². The van der Waals surface area contributed by atoms with E-state index in [9.17, 15) is 13.2 Å². The van der Waals surface area contributed by atoms with Crippen molar-refractivity contribution in [3.8, 4) is 0 Å². The number of anilines is 2. The van der Waals surface area contributed by atoms with Gasteiger partial charge in [-0.2, -0.15) is 0 Å². The van der Waals surface area contributed by atoms with Crippen molar-refractivity contribution in [2.24, 2.45) is 0 Å². The van der Waals surface area contributed by atoms with Gasteiger partial charge < -0.3 is 5.32 Å². The van der Waals surface area contributed by atoms with Crippen LogP contribution in [0.1, 0.15) is 21.9 Å². The number of carbonyl (C=O) groups excluding carboxylic acids is 1. The smallest absolute Gasteiger partial charge is 0.275 e. The molecule has 0 atom stereocenters. The Morgan fingerprint density at radius 3 is 2.26 bits per heavy atom. The van der Waals surface area contributed by atoms with Crippen LogP contribution in [0, 0.1) is 13.8 Å². The number of benzene rings is 1. The molecule has 0 unspecified atom stereocenters. The zero-order valence-electron chi connectivity index (χ0n) is 14.5. The van der Waals surface area contributed by atoms with Crippen LogP contribution in [0.4, 0.5) is 11.6 Å². The lowest BCUT2D eigenvalue weighted by molar-refractivity contribution is 0.102. The second kappa shape index (κ2) is 7.46. The van der Waals surface area contributed by atoms with Crippen molar-refractivity contribution in [1.29, 1.82) is 0 Å². The summed E-state index contributed by atoms with van der Waals surface area (Å²) in [5.41, 5.74) is 1.89. The molecule has 0 saturated carbocycles. The average Bonchev–Trinajstić information content (AvgIpc) is 2.61. The normalized spacial score (nSPS) is 11.0. The number of hydrogen-bond donors (Lipinski definition) is 2. The molecule has 10 heteroatoms. The van der Waals surface area contributed by atoms with Gasteiger partial charge in [-0.25, -0.2) is 28.1 Å². The van der Waals surface area contributed by atoms with Crippen LogP contribution in [0.5, 0.6) is 0 Å². The molecule has 138 valence electrons. The fourth-order valence-corrected chi connectivity index (χ4v) is 3.22. The lowest BCUT2D eigenvalue weighted by Crippen LogP contribution is -2.16. The molecule has 0 aliphatic carbocycles. The van der Waals surface area contributed by atoms with Crippen molar-refractivity contribution < 1.29 is 13.2 Å². The van der Waals surface area contributed by atoms with Gasteiger partial charge in [0, 0.05) is 29.5 Å². The van der Waals surface area contributed by atoms with Gasteiger partial charge in [0.15, 0.2) is 0 Å². The molecular formula is C17H16N6O3S. The molecule has 0 bridgehead atoms. The Morgan fingerprint density at radius 2 is 1.67 bits per heavy atom. The maximum absolute atomic E-state index is 12.5. The predicted molar refractivity (Wildman–Crippen MR) is 98.7 cm³/mol. The Morgan fingerprint density at radius 1 is 1.00 bits per heavy atom. The minimum absolute atomic E-state index is 0.00697. The minimum Gasteiger partial charge on any atom is -0.321 e. The molecule has 0 aliphatic rings. The molecular weight excluding hydrogens is 368 g/mol. The molecule has 2 N–H and O–H groups in total. The van der Waals surface area contributed by atoms with E-state index < -0.39 is 15.9 Å². The summed E-state index contributed by atoms with van der Waals surface area (Å²) >= 11 is 0. The highest BCUT2D eigenvalue weighted by Gasteiger charge is 2.16. The number of carbonyl (C=O) groups is 1. The van der Waals surface area contributed by atoms with Crippen molar-refractivity contribution >= 4 is 27.6 Å². The first kappa shape index (κ1) is 18.4. The van der Waals surface area contributed by atoms with Crippen LogP contribution < -0.4 is 10.0 Å². The third-order valence-electron chi connectivity index (χ3n) is 3.43. The molecule has 9 nitrogen and oxygen atoms in total. The number of nitrogens with one attached hydrogen (secondary N) is 2. The summed E-state index contributed by atoms with van der Waals surface area (Å²) in [5, 5.41) is 2.62. The average molecular weight is 384 g/mol. The molecule has 0 aliphatic heterocycles. The number of nitrogens with zero attached hydrogens (tertiary/aromatic N) is 4. The van der Waals surface area contributed by atoms with E-state index in [1.165, 1.54) is 42.9 Å². The van der Waals surface area contributed by atoms with E-state index in [2.05, 4.69) is 30.0 Å². The summed E-state index contributed by atoms with van der Waals surface area (Å²) in [6, 6.07) is 7.44. The third-order valence-corrected chi connectivity index (χ3v) is 4.77. The standard InChI is InChI=1S/C17H16N6O3S/c1-11-9-12(2)21-17(20-11)23-27(25,26)14-5-3-13(4-6-14)22-16(24)15-10-18-7-8-19-15/h3-10H,1-2H3,(H,22,24)(H,20,21,23). The number of amides is 1. The van der Waals surface area contributed by atoms with Gasteiger partial charge in [-0.05, 0) is 44.2 Å². The second-order valence-electron chi connectivity index (χ2n) is 5.65. The molecule has 0 saturated heterocycles. The maximum atomic E-state index is 12.5. The molecule has 0 radical (unpaired) electrons. The molecule has 3 aromatic rings. The highest BCUT2D eigenvalue weighted by molar-refractivity contribution is 7.92. The Balaban J connectivity index is 1.75. The van der Waals surface area contributed by atoms with E-state index in [1.54, 1.807) is 19.9 Å². The first-order chi connectivity index (χ1) is 12.8. The zero-order chi connectivity index (χ0) is 19.4. The van der Waals surface area contributed by atoms with Crippen molar-refractivity contribution in [3.63, 3.8) is 0 Å². The van der Waals surface area contributed by atoms with Gasteiger partial charge in [-0.3, -0.25) is 9.78 Å². The highest BCUT2D eigenvalue weighted by atomic mass is 32.2. The molecule has 1 amide bonds. The van der Waals surface area contributed by atoms with Gasteiger partial charge in [0.25, 0.3) is 15.9 Å². The van der Waals surface area contributed by atoms with E-state index in [1.807, 2.05) is 0 Å². The van der Waals surface area contributed by atoms with E-state index in [-0.39, 0.29) is 16.5 Å². The Hall–Kier alpha value is -3.40. The van der Waals surface area contributed by atoms with Crippen LogP contribution in [0.15, 0.2) is 53.8 Å². The molecule has 27 heavy (non-hydrogen) atoms. The summed E-state index contributed by atoms with van der Waals surface area (Å²) in [5.74, 6) is -0.437. The van der Waals surface area contributed by atoms with Gasteiger partial charge in [0.2, 0.25) is 5.95 Å². The topological polar surface area (TPSA) is 127 Å². The first-order valence-corrected chi connectivity index (χ1v) is 9.34. The summed E-state index contributed by atoms with van der Waals surface area (Å²) in [6.07, 6.45) is 4.20. The van der Waals surface area contributed by atoms with Crippen molar-refractivity contribution in [3.05, 3.63) is 66.0 Å². The van der Waals surface area contributed by atoms with Crippen LogP contribution in [-0.2, 0) is 10.0 Å². The summed E-state index contributed by atoms with van der Waals surface area (Å²) in [4.78, 5) is 27.9. The summed E-state index contributed by atoms with van der Waals surface area (Å²) < 4.78 is 27.3. The number of rotatable bonds is 5. The molecule has 3 rings (SSSR count). The van der Waals surface area contributed by atoms with Gasteiger partial charge in [-0.1, -0.05) is 0 Å². The molecule has 2 aromatic heterocycles. The van der Waals surface area contributed by atoms with Gasteiger partial charge in [-0.15, -0.1) is 0 Å². The van der Waals surface area contributed by atoms with E-state index in [0.29, 0.717) is 17.1 Å². The van der Waals surface area contributed by atoms with E-state index in [4.69, 9.17) is 0 Å². The fourth-order valence-electron chi connectivity index (χ4n) is 2.28. The van der Waals surface area contributed by atoms with Crippen molar-refractivity contribution in [1.82, 2.24) is 19.9 Å². The quantitative estimate of drug-likeness (QED) is 0.688. The number of sulfonamides is 1. The van der Waals surface area contributed by atoms with E-state index >= 15 is 0 Å². The molecule has 0 spiro atoms. The molecule has 0 fully saturated rings. The Bertz CT molecular complexity index is 1050. The first-order valence-electron chi connectivity index (χ1n) is 7.86. The summed E-state index contributed by atoms with van der Waals surface area (Å²) in [6.45, 7) is 3.50. The maximum Gasteiger partial charge on any atom is 0.275 e. The largest absolute Gasteiger partial charge is 0.321 e. The number of aromatic nitrogens is 4. The van der Waals surface area contributed by atoms with E-state index in [0.717, 1.165) is 0 Å². The lowest BCUT2D eigenvalue weighted by atomic mass is 10.3. The second-order valence-corrected chi connectivity index (χ2v) is 7.33. The zero-order valence-corrected chi connectivity index (χ0v) is 15.4. The number of aryl methyl sites for hydroxylation is 2. The predicted octanol–water partition coefficient (Wildman–Crippen LogP) is 1.94. The SMILES string of the molecule is Cc1cc(C)nc(NS(=O)(=O)c2ccc(NC(=O)c3cnccn3)cc2)n1. The van der Waals surface area contributed by atoms with Crippen LogP contribution in [-0.4, -0.2) is 34.3 Å². The van der Waals surface area contributed by atoms with Gasteiger partial charge >= 0.3 is 0 Å². The van der Waals surface area contributed by atoms with Crippen LogP contribution in [0.2, 0.25) is 0 Å². The summed E-state index contributed by atoms with van der Waals surface area (Å²) in [7, 11) is -3.85.